The van der Waals surface area contributed by atoms with E-state index < -0.39 is 9.84 Å². The van der Waals surface area contributed by atoms with Gasteiger partial charge in [0, 0.05) is 16.8 Å². The van der Waals surface area contributed by atoms with E-state index in [0.29, 0.717) is 16.5 Å². The minimum atomic E-state index is -2.78. The predicted molar refractivity (Wildman–Crippen MR) is 72.8 cm³/mol. The topological polar surface area (TPSA) is 34.1 Å². The summed E-state index contributed by atoms with van der Waals surface area (Å²) in [6, 6.07) is 0. The molecular weight excluding hydrogens is 288 g/mol. The van der Waals surface area contributed by atoms with E-state index in [-0.39, 0.29) is 0 Å². The van der Waals surface area contributed by atoms with E-state index in [2.05, 4.69) is 22.9 Å². The van der Waals surface area contributed by atoms with Crippen molar-refractivity contribution in [2.75, 3.05) is 12.0 Å². The lowest BCUT2D eigenvalue weighted by atomic mass is 9.78. The van der Waals surface area contributed by atoms with Crippen LogP contribution in [-0.2, 0) is 9.84 Å². The second kappa shape index (κ2) is 6.39. The van der Waals surface area contributed by atoms with Gasteiger partial charge < -0.3 is 0 Å². The van der Waals surface area contributed by atoms with Crippen molar-refractivity contribution < 1.29 is 8.42 Å². The van der Waals surface area contributed by atoms with Gasteiger partial charge in [-0.2, -0.15) is 0 Å². The van der Waals surface area contributed by atoms with Crippen molar-refractivity contribution in [3.8, 4) is 0 Å². The predicted octanol–water partition coefficient (Wildman–Crippen LogP) is 3.40. The van der Waals surface area contributed by atoms with Crippen LogP contribution in [0.5, 0.6) is 0 Å². The van der Waals surface area contributed by atoms with Crippen molar-refractivity contribution in [2.45, 2.75) is 50.3 Å². The average Bonchev–Trinajstić information content (AvgIpc) is 2.19. The molecule has 0 heterocycles. The van der Waals surface area contributed by atoms with Crippen LogP contribution in [0.3, 0.4) is 0 Å². The molecule has 96 valence electrons. The molecule has 1 fully saturated rings. The quantitative estimate of drug-likeness (QED) is 0.729. The van der Waals surface area contributed by atoms with Gasteiger partial charge in [-0.25, -0.2) is 8.42 Å². The molecule has 0 radical (unpaired) electrons. The largest absolute Gasteiger partial charge is 0.229 e. The second-order valence-electron chi connectivity index (χ2n) is 5.14. The Bertz CT molecular complexity index is 300. The standard InChI is InChI=1S/C12H23BrO2S/c1-3-10-6-7-12(13)11(9-10)5-4-8-16(2,14)15/h10-12H,3-9H2,1-2H3. The van der Waals surface area contributed by atoms with E-state index in [0.717, 1.165) is 18.8 Å². The van der Waals surface area contributed by atoms with Crippen LogP contribution in [0.4, 0.5) is 0 Å². The summed E-state index contributed by atoms with van der Waals surface area (Å²) in [6.07, 6.45) is 8.32. The Morgan fingerprint density at radius 3 is 2.56 bits per heavy atom. The maximum atomic E-state index is 11.1. The van der Waals surface area contributed by atoms with E-state index in [1.807, 2.05) is 0 Å². The molecule has 3 atom stereocenters. The van der Waals surface area contributed by atoms with Crippen LogP contribution in [0.1, 0.15) is 45.4 Å². The normalized spacial score (nSPS) is 31.6. The molecule has 16 heavy (non-hydrogen) atoms. The van der Waals surface area contributed by atoms with Gasteiger partial charge in [-0.15, -0.1) is 0 Å². The molecule has 0 aromatic heterocycles. The molecule has 0 aromatic carbocycles. The Hall–Kier alpha value is 0.430. The minimum Gasteiger partial charge on any atom is -0.229 e. The van der Waals surface area contributed by atoms with Gasteiger partial charge >= 0.3 is 0 Å². The number of halogens is 1. The van der Waals surface area contributed by atoms with Crippen molar-refractivity contribution in [1.29, 1.82) is 0 Å². The third-order valence-corrected chi connectivity index (χ3v) is 5.90. The molecule has 0 aliphatic heterocycles. The lowest BCUT2D eigenvalue weighted by Crippen LogP contribution is -2.25. The lowest BCUT2D eigenvalue weighted by molar-refractivity contribution is 0.260. The Morgan fingerprint density at radius 1 is 1.31 bits per heavy atom. The molecule has 4 heteroatoms. The van der Waals surface area contributed by atoms with Crippen LogP contribution in [-0.4, -0.2) is 25.3 Å². The number of alkyl halides is 1. The first-order valence-corrected chi connectivity index (χ1v) is 9.21. The molecule has 3 unspecified atom stereocenters. The minimum absolute atomic E-state index is 0.347. The van der Waals surface area contributed by atoms with E-state index >= 15 is 0 Å². The Balaban J connectivity index is 2.34. The van der Waals surface area contributed by atoms with Gasteiger partial charge in [0.2, 0.25) is 0 Å². The number of hydrogen-bond acceptors (Lipinski definition) is 2. The lowest BCUT2D eigenvalue weighted by Gasteiger charge is -2.32. The summed E-state index contributed by atoms with van der Waals surface area (Å²) in [5, 5.41) is 0. The highest BCUT2D eigenvalue weighted by Crippen LogP contribution is 2.37. The van der Waals surface area contributed by atoms with Crippen molar-refractivity contribution in [2.24, 2.45) is 11.8 Å². The SMILES string of the molecule is CCC1CCC(Br)C(CCCS(C)(=O)=O)C1. The van der Waals surface area contributed by atoms with Gasteiger partial charge in [-0.1, -0.05) is 29.3 Å². The summed E-state index contributed by atoms with van der Waals surface area (Å²) >= 11 is 3.74. The summed E-state index contributed by atoms with van der Waals surface area (Å²) < 4.78 is 22.1. The Kier molecular flexibility index (Phi) is 5.78. The molecule has 1 saturated carbocycles. The van der Waals surface area contributed by atoms with Crippen molar-refractivity contribution in [1.82, 2.24) is 0 Å². The monoisotopic (exact) mass is 310 g/mol. The van der Waals surface area contributed by atoms with Gasteiger partial charge in [-0.3, -0.25) is 0 Å². The van der Waals surface area contributed by atoms with Crippen molar-refractivity contribution in [3.05, 3.63) is 0 Å². The van der Waals surface area contributed by atoms with E-state index in [1.165, 1.54) is 31.9 Å². The van der Waals surface area contributed by atoms with Crippen molar-refractivity contribution in [3.63, 3.8) is 0 Å². The molecule has 1 aliphatic rings. The molecule has 1 aliphatic carbocycles. The molecule has 0 aromatic rings. The van der Waals surface area contributed by atoms with Gasteiger partial charge in [0.05, 0.1) is 0 Å². The zero-order valence-corrected chi connectivity index (χ0v) is 12.7. The average molecular weight is 311 g/mol. The van der Waals surface area contributed by atoms with Gasteiger partial charge in [-0.05, 0) is 43.9 Å². The molecule has 0 saturated heterocycles. The van der Waals surface area contributed by atoms with Gasteiger partial charge in [0.25, 0.3) is 0 Å². The van der Waals surface area contributed by atoms with Crippen LogP contribution in [0.25, 0.3) is 0 Å². The maximum absolute atomic E-state index is 11.1. The van der Waals surface area contributed by atoms with E-state index in [9.17, 15) is 8.42 Å². The first kappa shape index (κ1) is 14.5. The highest BCUT2D eigenvalue weighted by atomic mass is 79.9. The summed E-state index contributed by atoms with van der Waals surface area (Å²) in [5.41, 5.74) is 0. The molecule has 0 bridgehead atoms. The third-order valence-electron chi connectivity index (χ3n) is 3.67. The third kappa shape index (κ3) is 5.17. The summed E-state index contributed by atoms with van der Waals surface area (Å²) in [5.74, 6) is 1.89. The molecule has 0 spiro atoms. The highest BCUT2D eigenvalue weighted by Gasteiger charge is 2.27. The first-order chi connectivity index (χ1) is 7.42. The van der Waals surface area contributed by atoms with Crippen LogP contribution < -0.4 is 0 Å². The fraction of sp³-hybridized carbons (Fsp3) is 1.00. The number of hydrogen-bond donors (Lipinski definition) is 0. The second-order valence-corrected chi connectivity index (χ2v) is 8.57. The Labute approximate surface area is 108 Å². The van der Waals surface area contributed by atoms with Gasteiger partial charge in [0.1, 0.15) is 9.84 Å². The summed E-state index contributed by atoms with van der Waals surface area (Å²) in [6.45, 7) is 2.26. The molecule has 0 N–H and O–H groups in total. The summed E-state index contributed by atoms with van der Waals surface area (Å²) in [4.78, 5) is 0.606. The molecular formula is C12H23BrO2S. The van der Waals surface area contributed by atoms with E-state index in [1.54, 1.807) is 0 Å². The molecule has 1 rings (SSSR count). The zero-order chi connectivity index (χ0) is 12.2. The van der Waals surface area contributed by atoms with Crippen LogP contribution in [0, 0.1) is 11.8 Å². The van der Waals surface area contributed by atoms with E-state index in [4.69, 9.17) is 0 Å². The Morgan fingerprint density at radius 2 is 2.00 bits per heavy atom. The smallest absolute Gasteiger partial charge is 0.147 e. The first-order valence-electron chi connectivity index (χ1n) is 6.24. The van der Waals surface area contributed by atoms with Crippen LogP contribution in [0.2, 0.25) is 0 Å². The fourth-order valence-electron chi connectivity index (χ4n) is 2.60. The van der Waals surface area contributed by atoms with Crippen molar-refractivity contribution >= 4 is 25.8 Å². The van der Waals surface area contributed by atoms with Crippen LogP contribution in [0.15, 0.2) is 0 Å². The van der Waals surface area contributed by atoms with Crippen LogP contribution >= 0.6 is 15.9 Å². The number of rotatable bonds is 5. The highest BCUT2D eigenvalue weighted by molar-refractivity contribution is 9.09. The fourth-order valence-corrected chi connectivity index (χ4v) is 4.04. The summed E-state index contributed by atoms with van der Waals surface area (Å²) in [7, 11) is -2.78. The number of sulfone groups is 1. The van der Waals surface area contributed by atoms with Gasteiger partial charge in [0.15, 0.2) is 0 Å². The molecule has 0 amide bonds. The zero-order valence-electron chi connectivity index (χ0n) is 10.3. The molecule has 2 nitrogen and oxygen atoms in total. The maximum Gasteiger partial charge on any atom is 0.147 e.